The Balaban J connectivity index is 4.67. The fraction of sp³-hybridized carbons (Fsp3) is 0.385. The molecule has 0 heterocycles. The molecule has 0 unspecified atom stereocenters. The van der Waals surface area contributed by atoms with Crippen molar-refractivity contribution in [3.8, 4) is 50.1 Å². The first kappa shape index (κ1) is 14.4. The zero-order valence-corrected chi connectivity index (χ0v) is 9.27. The van der Waals surface area contributed by atoms with E-state index in [1.807, 2.05) is 24.4 Å². The Morgan fingerprint density at radius 3 is 1.00 bits per heavy atom. The maximum atomic E-state index is 5.01. The van der Waals surface area contributed by atoms with Crippen molar-refractivity contribution >= 4 is 0 Å². The molecule has 0 saturated heterocycles. The van der Waals surface area contributed by atoms with Crippen molar-refractivity contribution in [2.45, 2.75) is 0 Å². The summed E-state index contributed by atoms with van der Waals surface area (Å²) in [6.07, 6.45) is 28.1. The SMILES string of the molecule is C#COCC(COC#C)(COC#C)COC#C. The highest BCUT2D eigenvalue weighted by Crippen LogP contribution is 2.20. The van der Waals surface area contributed by atoms with Crippen LogP contribution >= 0.6 is 0 Å². The van der Waals surface area contributed by atoms with E-state index in [4.69, 9.17) is 44.6 Å². The van der Waals surface area contributed by atoms with E-state index in [1.165, 1.54) is 0 Å². The van der Waals surface area contributed by atoms with Gasteiger partial charge in [-0.15, -0.1) is 0 Å². The van der Waals surface area contributed by atoms with E-state index in [1.54, 1.807) is 0 Å². The van der Waals surface area contributed by atoms with Gasteiger partial charge in [-0.1, -0.05) is 25.7 Å². The zero-order chi connectivity index (χ0) is 13.0. The minimum atomic E-state index is -0.752. The van der Waals surface area contributed by atoms with Crippen LogP contribution in [0.1, 0.15) is 0 Å². The first-order valence-corrected chi connectivity index (χ1v) is 4.54. The standard InChI is InChI=1S/C13H12O4/c1-5-14-9-13(10-15-6-2,11-16-7-3)12-17-8-4/h1-4H,9-12H2. The third kappa shape index (κ3) is 5.78. The van der Waals surface area contributed by atoms with E-state index >= 15 is 0 Å². The number of hydrogen-bond acceptors (Lipinski definition) is 4. The van der Waals surface area contributed by atoms with Gasteiger partial charge in [0.25, 0.3) is 0 Å². The van der Waals surface area contributed by atoms with Crippen LogP contribution in [0.4, 0.5) is 0 Å². The molecule has 0 atom stereocenters. The molecular formula is C13H12O4. The second-order valence-corrected chi connectivity index (χ2v) is 3.13. The molecule has 0 N–H and O–H groups in total. The van der Waals surface area contributed by atoms with Gasteiger partial charge in [-0.25, -0.2) is 0 Å². The molecule has 0 aliphatic rings. The molecule has 0 aliphatic heterocycles. The molecule has 0 spiro atoms. The molecule has 0 fully saturated rings. The average molecular weight is 232 g/mol. The molecule has 0 radical (unpaired) electrons. The molecule has 17 heavy (non-hydrogen) atoms. The van der Waals surface area contributed by atoms with Crippen molar-refractivity contribution in [2.24, 2.45) is 5.41 Å². The maximum Gasteiger partial charge on any atom is 0.116 e. The largest absolute Gasteiger partial charge is 0.446 e. The number of terminal acetylenes is 4. The smallest absolute Gasteiger partial charge is 0.116 e. The van der Waals surface area contributed by atoms with Crippen LogP contribution < -0.4 is 0 Å². The van der Waals surface area contributed by atoms with E-state index in [2.05, 4.69) is 0 Å². The van der Waals surface area contributed by atoms with Crippen LogP contribution in [0.5, 0.6) is 0 Å². The summed E-state index contributed by atoms with van der Waals surface area (Å²) in [6.45, 7) is 0.367. The van der Waals surface area contributed by atoms with Crippen molar-refractivity contribution in [3.05, 3.63) is 0 Å². The molecule has 0 saturated carbocycles. The summed E-state index contributed by atoms with van der Waals surface area (Å²) in [5, 5.41) is 0. The highest BCUT2D eigenvalue weighted by atomic mass is 16.5. The van der Waals surface area contributed by atoms with E-state index in [0.29, 0.717) is 0 Å². The minimum Gasteiger partial charge on any atom is -0.446 e. The number of rotatable bonds is 8. The van der Waals surface area contributed by atoms with E-state index < -0.39 is 5.41 Å². The molecule has 0 aromatic carbocycles. The summed E-state index contributed by atoms with van der Waals surface area (Å²) in [5.41, 5.74) is -0.752. The van der Waals surface area contributed by atoms with Gasteiger partial charge < -0.3 is 18.9 Å². The molecule has 0 bridgehead atoms. The summed E-state index contributed by atoms with van der Waals surface area (Å²) in [5.74, 6) is 0. The van der Waals surface area contributed by atoms with Crippen LogP contribution in [-0.2, 0) is 18.9 Å². The van der Waals surface area contributed by atoms with Crippen molar-refractivity contribution in [3.63, 3.8) is 0 Å². The van der Waals surface area contributed by atoms with Crippen LogP contribution in [0.15, 0.2) is 0 Å². The van der Waals surface area contributed by atoms with Crippen LogP contribution in [0.2, 0.25) is 0 Å². The van der Waals surface area contributed by atoms with Crippen molar-refractivity contribution in [2.75, 3.05) is 26.4 Å². The Labute approximate surface area is 102 Å². The lowest BCUT2D eigenvalue weighted by Crippen LogP contribution is -2.40. The van der Waals surface area contributed by atoms with Crippen molar-refractivity contribution in [1.29, 1.82) is 0 Å². The normalized spacial score (nSPS) is 8.71. The van der Waals surface area contributed by atoms with E-state index in [-0.39, 0.29) is 26.4 Å². The van der Waals surface area contributed by atoms with Gasteiger partial charge >= 0.3 is 0 Å². The van der Waals surface area contributed by atoms with Crippen LogP contribution in [0.3, 0.4) is 0 Å². The first-order valence-electron chi connectivity index (χ1n) is 4.54. The summed E-state index contributed by atoms with van der Waals surface area (Å²) in [4.78, 5) is 0. The van der Waals surface area contributed by atoms with Gasteiger partial charge in [-0.05, 0) is 0 Å². The predicted molar refractivity (Wildman–Crippen MR) is 61.6 cm³/mol. The molecule has 0 aromatic heterocycles. The van der Waals surface area contributed by atoms with Crippen molar-refractivity contribution in [1.82, 2.24) is 0 Å². The van der Waals surface area contributed by atoms with Gasteiger partial charge in [-0.3, -0.25) is 0 Å². The fourth-order valence-corrected chi connectivity index (χ4v) is 1.03. The second-order valence-electron chi connectivity index (χ2n) is 3.13. The molecular weight excluding hydrogens is 220 g/mol. The second kappa shape index (κ2) is 8.72. The third-order valence-electron chi connectivity index (χ3n) is 1.85. The Bertz CT molecular complexity index is 295. The van der Waals surface area contributed by atoms with Gasteiger partial charge in [0.05, 0.1) is 0 Å². The summed E-state index contributed by atoms with van der Waals surface area (Å²) in [6, 6.07) is 0. The Hall–Kier alpha value is -2.56. The van der Waals surface area contributed by atoms with E-state index in [9.17, 15) is 0 Å². The minimum absolute atomic E-state index is 0.0918. The highest BCUT2D eigenvalue weighted by Gasteiger charge is 2.35. The molecule has 4 heteroatoms. The van der Waals surface area contributed by atoms with Crippen LogP contribution in [0, 0.1) is 55.5 Å². The Morgan fingerprint density at radius 2 is 0.824 bits per heavy atom. The highest BCUT2D eigenvalue weighted by molar-refractivity contribution is 4.87. The topological polar surface area (TPSA) is 36.9 Å². The molecule has 0 amide bonds. The van der Waals surface area contributed by atoms with Crippen molar-refractivity contribution < 1.29 is 18.9 Å². The van der Waals surface area contributed by atoms with Gasteiger partial charge in [-0.2, -0.15) is 0 Å². The summed E-state index contributed by atoms with van der Waals surface area (Å²) >= 11 is 0. The Morgan fingerprint density at radius 1 is 0.588 bits per heavy atom. The van der Waals surface area contributed by atoms with Crippen LogP contribution in [0.25, 0.3) is 0 Å². The summed E-state index contributed by atoms with van der Waals surface area (Å²) < 4.78 is 19.5. The molecule has 88 valence electrons. The number of hydrogen-bond donors (Lipinski definition) is 0. The molecule has 0 aromatic rings. The number of ether oxygens (including phenoxy) is 4. The Kier molecular flexibility index (Phi) is 7.41. The molecule has 0 rings (SSSR count). The summed E-state index contributed by atoms with van der Waals surface area (Å²) in [7, 11) is 0. The molecule has 4 nitrogen and oxygen atoms in total. The lowest BCUT2D eigenvalue weighted by atomic mass is 9.92. The quantitative estimate of drug-likeness (QED) is 0.568. The average Bonchev–Trinajstić information content (AvgIpc) is 2.37. The van der Waals surface area contributed by atoms with Gasteiger partial charge in [0.2, 0.25) is 0 Å². The fourth-order valence-electron chi connectivity index (χ4n) is 1.03. The van der Waals surface area contributed by atoms with E-state index in [0.717, 1.165) is 0 Å². The lowest BCUT2D eigenvalue weighted by Gasteiger charge is -2.28. The third-order valence-corrected chi connectivity index (χ3v) is 1.85. The van der Waals surface area contributed by atoms with Crippen LogP contribution in [-0.4, -0.2) is 26.4 Å². The first-order chi connectivity index (χ1) is 8.24. The van der Waals surface area contributed by atoms with Gasteiger partial charge in [0.1, 0.15) is 56.3 Å². The van der Waals surface area contributed by atoms with Gasteiger partial charge in [0.15, 0.2) is 0 Å². The monoisotopic (exact) mass is 232 g/mol. The lowest BCUT2D eigenvalue weighted by molar-refractivity contribution is -0.0326. The maximum absolute atomic E-state index is 5.01. The zero-order valence-electron chi connectivity index (χ0n) is 9.27. The molecule has 0 aliphatic carbocycles. The van der Waals surface area contributed by atoms with Gasteiger partial charge in [0, 0.05) is 0 Å². The predicted octanol–water partition coefficient (Wildman–Crippen LogP) is 0.402.